The fraction of sp³-hybridized carbons (Fsp3) is 0.214. The van der Waals surface area contributed by atoms with Crippen molar-refractivity contribution in [1.29, 1.82) is 0 Å². The van der Waals surface area contributed by atoms with Crippen molar-refractivity contribution in [3.05, 3.63) is 95.1 Å². The van der Waals surface area contributed by atoms with Crippen LogP contribution in [0.1, 0.15) is 48.8 Å². The quantitative estimate of drug-likeness (QED) is 0.272. The lowest BCUT2D eigenvalue weighted by molar-refractivity contribution is 0.0698. The normalized spacial score (nSPS) is 11.9. The summed E-state index contributed by atoms with van der Waals surface area (Å²) in [4.78, 5) is 12.9. The summed E-state index contributed by atoms with van der Waals surface area (Å²) in [6.45, 7) is 10.2. The minimum Gasteiger partial charge on any atom is -0.494 e. The van der Waals surface area contributed by atoms with E-state index >= 15 is 0 Å². The number of nitrogens with zero attached hydrogens (tertiary/aromatic N) is 2. The molecular formula is C28H31N3O3S. The Labute approximate surface area is 211 Å². The molecule has 2 N–H and O–H groups in total. The summed E-state index contributed by atoms with van der Waals surface area (Å²) in [7, 11) is 1.62. The maximum absolute atomic E-state index is 11.9. The number of aromatic nitrogens is 2. The van der Waals surface area contributed by atoms with Gasteiger partial charge in [0.1, 0.15) is 17.3 Å². The van der Waals surface area contributed by atoms with Crippen LogP contribution in [-0.2, 0) is 6.42 Å². The lowest BCUT2D eigenvalue weighted by Gasteiger charge is -2.16. The predicted octanol–water partition coefficient (Wildman–Crippen LogP) is 7.46. The number of carbonyl (C=O) groups is 1. The molecular weight excluding hydrogens is 458 g/mol. The smallest absolute Gasteiger partial charge is 0.337 e. The highest BCUT2D eigenvalue weighted by Crippen LogP contribution is 2.41. The molecule has 1 heterocycles. The van der Waals surface area contributed by atoms with Crippen LogP contribution in [-0.4, -0.2) is 28.0 Å². The molecule has 0 saturated carbocycles. The van der Waals surface area contributed by atoms with Crippen LogP contribution in [0.15, 0.2) is 78.2 Å². The fourth-order valence-corrected chi connectivity index (χ4v) is 4.51. The van der Waals surface area contributed by atoms with Gasteiger partial charge in [-0.3, -0.25) is 0 Å². The highest BCUT2D eigenvalue weighted by molar-refractivity contribution is 8.11. The molecule has 0 bridgehead atoms. The monoisotopic (exact) mass is 489 g/mol. The van der Waals surface area contributed by atoms with E-state index in [2.05, 4.69) is 38.1 Å². The van der Waals surface area contributed by atoms with Gasteiger partial charge in [-0.15, -0.1) is 0 Å². The number of thioether (sulfide) groups is 1. The fourth-order valence-electron chi connectivity index (χ4n) is 3.51. The minimum absolute atomic E-state index is 0.174. The Morgan fingerprint density at radius 2 is 1.91 bits per heavy atom. The molecule has 0 saturated heterocycles. The first-order chi connectivity index (χ1) is 16.9. The van der Waals surface area contributed by atoms with Crippen LogP contribution in [0, 0.1) is 0 Å². The summed E-state index contributed by atoms with van der Waals surface area (Å²) in [6, 6.07) is 14.5. The average molecular weight is 490 g/mol. The van der Waals surface area contributed by atoms with E-state index in [9.17, 15) is 9.90 Å². The van der Waals surface area contributed by atoms with Crippen molar-refractivity contribution in [3.8, 4) is 11.4 Å². The zero-order valence-corrected chi connectivity index (χ0v) is 21.4. The molecule has 182 valence electrons. The summed E-state index contributed by atoms with van der Waals surface area (Å²) < 4.78 is 7.41. The number of hydrogen-bond acceptors (Lipinski definition) is 5. The number of para-hydroxylation sites is 3. The van der Waals surface area contributed by atoms with Crippen LogP contribution < -0.4 is 10.1 Å². The van der Waals surface area contributed by atoms with Gasteiger partial charge in [0, 0.05) is 4.91 Å². The summed E-state index contributed by atoms with van der Waals surface area (Å²) in [6.07, 6.45) is 5.35. The van der Waals surface area contributed by atoms with Crippen LogP contribution in [0.5, 0.6) is 5.75 Å². The highest BCUT2D eigenvalue weighted by Gasteiger charge is 2.24. The molecule has 0 spiro atoms. The molecule has 6 nitrogen and oxygen atoms in total. The van der Waals surface area contributed by atoms with Crippen molar-refractivity contribution in [3.63, 3.8) is 0 Å². The largest absolute Gasteiger partial charge is 0.494 e. The third-order valence-corrected chi connectivity index (χ3v) is 6.59. The molecule has 0 aliphatic heterocycles. The zero-order valence-electron chi connectivity index (χ0n) is 20.5. The number of rotatable bonds is 11. The third-order valence-electron chi connectivity index (χ3n) is 5.48. The Kier molecular flexibility index (Phi) is 8.98. The summed E-state index contributed by atoms with van der Waals surface area (Å²) >= 11 is 1.60. The van der Waals surface area contributed by atoms with Crippen molar-refractivity contribution >= 4 is 34.1 Å². The summed E-state index contributed by atoms with van der Waals surface area (Å²) in [5.41, 5.74) is 4.41. The molecule has 0 aliphatic rings. The van der Waals surface area contributed by atoms with E-state index in [1.54, 1.807) is 47.8 Å². The number of aromatic carboxylic acids is 1. The van der Waals surface area contributed by atoms with E-state index in [0.29, 0.717) is 23.7 Å². The molecule has 7 heteroatoms. The van der Waals surface area contributed by atoms with Gasteiger partial charge in [-0.05, 0) is 55.5 Å². The molecule has 0 unspecified atom stereocenters. The highest BCUT2D eigenvalue weighted by atomic mass is 32.2. The van der Waals surface area contributed by atoms with Crippen LogP contribution in [0.3, 0.4) is 0 Å². The molecule has 0 radical (unpaired) electrons. The van der Waals surface area contributed by atoms with Gasteiger partial charge >= 0.3 is 5.97 Å². The van der Waals surface area contributed by atoms with Gasteiger partial charge in [0.2, 0.25) is 0 Å². The van der Waals surface area contributed by atoms with Crippen molar-refractivity contribution in [2.45, 2.75) is 33.6 Å². The number of nitrogens with one attached hydrogen (secondary N) is 1. The second-order valence-electron chi connectivity index (χ2n) is 7.79. The number of ether oxygens (including phenoxy) is 1. The number of hydrogen-bond donors (Lipinski definition) is 2. The molecule has 3 aromatic rings. The van der Waals surface area contributed by atoms with Gasteiger partial charge in [0.25, 0.3) is 0 Å². The Morgan fingerprint density at radius 1 is 1.20 bits per heavy atom. The number of benzene rings is 2. The second kappa shape index (κ2) is 12.1. The molecule has 0 amide bonds. The molecule has 0 aliphatic carbocycles. The average Bonchev–Trinajstić information content (AvgIpc) is 3.24. The van der Waals surface area contributed by atoms with E-state index in [1.807, 2.05) is 36.4 Å². The van der Waals surface area contributed by atoms with E-state index < -0.39 is 5.97 Å². The van der Waals surface area contributed by atoms with Crippen molar-refractivity contribution in [2.24, 2.45) is 0 Å². The van der Waals surface area contributed by atoms with E-state index in [-0.39, 0.29) is 5.56 Å². The van der Waals surface area contributed by atoms with Crippen molar-refractivity contribution in [1.82, 2.24) is 9.78 Å². The lowest BCUT2D eigenvalue weighted by Crippen LogP contribution is -2.08. The van der Waals surface area contributed by atoms with Crippen LogP contribution in [0.4, 0.5) is 11.5 Å². The SMILES string of the molecule is C=C/C=C(/S/C=C(\C)CC)c1c(CC)nn(-c2ccccc2OC)c1Nc1ccccc1C(=O)O. The molecule has 3 rings (SSSR count). The van der Waals surface area contributed by atoms with Gasteiger partial charge in [-0.1, -0.05) is 68.1 Å². The molecule has 0 atom stereocenters. The number of aryl methyl sites for hydroxylation is 1. The molecule has 35 heavy (non-hydrogen) atoms. The van der Waals surface area contributed by atoms with Crippen molar-refractivity contribution < 1.29 is 14.6 Å². The maximum Gasteiger partial charge on any atom is 0.337 e. The standard InChI is InChI=1S/C28H31N3O3S/c1-6-13-25(35-18-19(4)7-2)26-21(8-3)30-31(23-16-11-12-17-24(23)34-5)27(26)29-22-15-10-9-14-20(22)28(32)33/h6,9-18,29H,1,7-8H2,2-5H3,(H,32,33)/b19-18+,25-13+. The van der Waals surface area contributed by atoms with Gasteiger partial charge < -0.3 is 15.2 Å². The minimum atomic E-state index is -1.01. The lowest BCUT2D eigenvalue weighted by atomic mass is 10.1. The number of methoxy groups -OCH3 is 1. The van der Waals surface area contributed by atoms with Crippen LogP contribution >= 0.6 is 11.8 Å². The van der Waals surface area contributed by atoms with E-state index in [1.165, 1.54) is 5.57 Å². The third kappa shape index (κ3) is 5.87. The summed E-state index contributed by atoms with van der Waals surface area (Å²) in [5.74, 6) is 0.303. The Balaban J connectivity index is 2.32. The molecule has 0 fully saturated rings. The van der Waals surface area contributed by atoms with E-state index in [0.717, 1.165) is 28.3 Å². The first kappa shape index (κ1) is 25.9. The van der Waals surface area contributed by atoms with Gasteiger partial charge in [-0.25, -0.2) is 9.48 Å². The molecule has 2 aromatic carbocycles. The first-order valence-corrected chi connectivity index (χ1v) is 12.3. The first-order valence-electron chi connectivity index (χ1n) is 11.4. The zero-order chi connectivity index (χ0) is 25.4. The number of carboxylic acids is 1. The number of carboxylic acid groups (broad SMARTS) is 1. The second-order valence-corrected chi connectivity index (χ2v) is 8.70. The van der Waals surface area contributed by atoms with Gasteiger partial charge in [-0.2, -0.15) is 5.10 Å². The Bertz CT molecular complexity index is 1270. The number of anilines is 2. The van der Waals surface area contributed by atoms with Crippen molar-refractivity contribution in [2.75, 3.05) is 12.4 Å². The topological polar surface area (TPSA) is 76.4 Å². The summed E-state index contributed by atoms with van der Waals surface area (Å²) in [5, 5.41) is 20.2. The van der Waals surface area contributed by atoms with Crippen LogP contribution in [0.2, 0.25) is 0 Å². The maximum atomic E-state index is 11.9. The Hall–Kier alpha value is -3.71. The van der Waals surface area contributed by atoms with E-state index in [4.69, 9.17) is 9.84 Å². The number of allylic oxidation sites excluding steroid dienone is 3. The van der Waals surface area contributed by atoms with Gasteiger partial charge in [0.15, 0.2) is 0 Å². The molecule has 1 aromatic heterocycles. The Morgan fingerprint density at radius 3 is 2.57 bits per heavy atom. The van der Waals surface area contributed by atoms with Crippen LogP contribution in [0.25, 0.3) is 10.6 Å². The van der Waals surface area contributed by atoms with Gasteiger partial charge in [0.05, 0.1) is 29.6 Å². The predicted molar refractivity (Wildman–Crippen MR) is 146 cm³/mol.